The van der Waals surface area contributed by atoms with Gasteiger partial charge in [-0.05, 0) is 68.7 Å². The molecule has 0 bridgehead atoms. The number of aliphatic carboxylic acids is 4. The molecule has 2 aliphatic rings. The highest BCUT2D eigenvalue weighted by Gasteiger charge is 2.30. The van der Waals surface area contributed by atoms with Crippen molar-refractivity contribution in [1.82, 2.24) is 19.7 Å². The van der Waals surface area contributed by atoms with Crippen LogP contribution in [0.5, 0.6) is 0 Å². The number of carbonyl (C=O) groups excluding carboxylic acids is 2. The lowest BCUT2D eigenvalue weighted by Crippen LogP contribution is -2.55. The van der Waals surface area contributed by atoms with Gasteiger partial charge in [0.1, 0.15) is 6.54 Å². The Balaban J connectivity index is 0.000000352. The van der Waals surface area contributed by atoms with Crippen LogP contribution in [0.25, 0.3) is 10.9 Å². The number of benzene rings is 2. The quantitative estimate of drug-likeness (QED) is 0.205. The van der Waals surface area contributed by atoms with Gasteiger partial charge in [-0.3, -0.25) is 19.4 Å². The van der Waals surface area contributed by atoms with Gasteiger partial charge in [-0.1, -0.05) is 24.3 Å². The monoisotopic (exact) mass is 691 g/mol. The van der Waals surface area contributed by atoms with E-state index in [0.717, 1.165) is 55.9 Å². The first-order valence-corrected chi connectivity index (χ1v) is 15.8. The van der Waals surface area contributed by atoms with Crippen LogP contribution in [0.1, 0.15) is 23.2 Å². The number of amides is 2. The number of hydrogen-bond donors (Lipinski definition) is 5. The van der Waals surface area contributed by atoms with Crippen LogP contribution in [0, 0.1) is 0 Å². The van der Waals surface area contributed by atoms with Crippen LogP contribution in [0.2, 0.25) is 0 Å². The number of rotatable bonds is 9. The Bertz CT molecular complexity index is 1620. The van der Waals surface area contributed by atoms with Crippen molar-refractivity contribution in [2.75, 3.05) is 57.8 Å². The molecule has 1 aromatic heterocycles. The van der Waals surface area contributed by atoms with E-state index in [4.69, 9.17) is 20.4 Å². The smallest absolute Gasteiger partial charge is 0.328 e. The molecule has 15 heteroatoms. The number of nitrogens with one attached hydrogen (secondary N) is 1. The van der Waals surface area contributed by atoms with E-state index in [9.17, 15) is 28.8 Å². The van der Waals surface area contributed by atoms with E-state index in [0.29, 0.717) is 35.9 Å². The van der Waals surface area contributed by atoms with Gasteiger partial charge in [0, 0.05) is 79.5 Å². The molecule has 0 saturated carbocycles. The predicted molar refractivity (Wildman–Crippen MR) is 184 cm³/mol. The van der Waals surface area contributed by atoms with Gasteiger partial charge in [0.2, 0.25) is 5.91 Å². The van der Waals surface area contributed by atoms with Crippen molar-refractivity contribution in [3.63, 3.8) is 0 Å². The van der Waals surface area contributed by atoms with Crippen LogP contribution in [0.3, 0.4) is 0 Å². The Hall–Kier alpha value is -5.80. The second-order valence-electron chi connectivity index (χ2n) is 11.5. The molecular weight excluding hydrogens is 650 g/mol. The SMILES string of the molecule is CN1CCC(N2CCN(C(=O)CN(C(=O)c3ccc4cc[nH]c4c3)c3ccccc3)CC2)CC1.O=C(O)/C=C/C(=O)O.O=C(O)/C=C/C(=O)O. The maximum absolute atomic E-state index is 13.5. The summed E-state index contributed by atoms with van der Waals surface area (Å²) in [6.45, 7) is 5.58. The van der Waals surface area contributed by atoms with Gasteiger partial charge in [0.25, 0.3) is 5.91 Å². The number of aromatic amines is 1. The number of piperazine rings is 1. The summed E-state index contributed by atoms with van der Waals surface area (Å²) in [7, 11) is 2.18. The lowest BCUT2D eigenvalue weighted by Gasteiger charge is -2.42. The molecule has 0 radical (unpaired) electrons. The molecule has 5 N–H and O–H groups in total. The topological polar surface area (TPSA) is 212 Å². The van der Waals surface area contributed by atoms with Gasteiger partial charge in [0.05, 0.1) is 0 Å². The summed E-state index contributed by atoms with van der Waals surface area (Å²) in [5, 5.41) is 32.3. The standard InChI is InChI=1S/C27H33N5O2.2C4H4O4/c1-29-13-10-23(11-14-29)30-15-17-31(18-16-30)26(33)20-32(24-5-3-2-4-6-24)27(34)22-8-7-21-9-12-28-25(21)19-22;2*5-3(6)1-2-4(7)8/h2-9,12,19,23,28H,10-11,13-18,20H2,1H3;2*1-2H,(H,5,6)(H,7,8)/b;2*2-1+. The van der Waals surface area contributed by atoms with Crippen LogP contribution in [0.15, 0.2) is 85.1 Å². The number of H-pyrrole nitrogens is 1. The number of fused-ring (bicyclic) bond motifs is 1. The zero-order valence-corrected chi connectivity index (χ0v) is 27.6. The molecule has 0 aliphatic carbocycles. The number of likely N-dealkylation sites (tertiary alicyclic amines) is 1. The van der Waals surface area contributed by atoms with Gasteiger partial charge in [-0.2, -0.15) is 0 Å². The molecule has 0 atom stereocenters. The first-order chi connectivity index (χ1) is 23.8. The molecule has 0 unspecified atom stereocenters. The molecular formula is C35H41N5O10. The summed E-state index contributed by atoms with van der Waals surface area (Å²) in [6, 6.07) is 17.7. The van der Waals surface area contributed by atoms with Gasteiger partial charge in [-0.25, -0.2) is 19.2 Å². The van der Waals surface area contributed by atoms with E-state index in [1.807, 2.05) is 65.7 Å². The molecule has 3 heterocycles. The average Bonchev–Trinajstić information content (AvgIpc) is 3.58. The number of nitrogens with zero attached hydrogens (tertiary/aromatic N) is 4. The zero-order chi connectivity index (χ0) is 36.6. The molecule has 2 aliphatic heterocycles. The highest BCUT2D eigenvalue weighted by molar-refractivity contribution is 6.10. The highest BCUT2D eigenvalue weighted by Crippen LogP contribution is 2.22. The van der Waals surface area contributed by atoms with Gasteiger partial charge < -0.3 is 35.2 Å². The van der Waals surface area contributed by atoms with E-state index < -0.39 is 23.9 Å². The van der Waals surface area contributed by atoms with Gasteiger partial charge >= 0.3 is 23.9 Å². The summed E-state index contributed by atoms with van der Waals surface area (Å²) in [4.78, 5) is 76.7. The summed E-state index contributed by atoms with van der Waals surface area (Å²) >= 11 is 0. The van der Waals surface area contributed by atoms with Crippen LogP contribution in [-0.4, -0.2) is 135 Å². The second-order valence-corrected chi connectivity index (χ2v) is 11.5. The lowest BCUT2D eigenvalue weighted by atomic mass is 10.0. The number of anilines is 1. The number of carboxylic acids is 4. The molecule has 50 heavy (non-hydrogen) atoms. The molecule has 266 valence electrons. The minimum Gasteiger partial charge on any atom is -0.478 e. The highest BCUT2D eigenvalue weighted by atomic mass is 16.4. The predicted octanol–water partition coefficient (Wildman–Crippen LogP) is 2.48. The fraction of sp³-hybridized carbons (Fsp3) is 0.314. The van der Waals surface area contributed by atoms with Gasteiger partial charge in [0.15, 0.2) is 0 Å². The Morgan fingerprint density at radius 2 is 1.28 bits per heavy atom. The van der Waals surface area contributed by atoms with E-state index in [-0.39, 0.29) is 18.4 Å². The fourth-order valence-corrected chi connectivity index (χ4v) is 5.44. The third-order valence-corrected chi connectivity index (χ3v) is 8.02. The minimum absolute atomic E-state index is 0.00109. The summed E-state index contributed by atoms with van der Waals surface area (Å²) in [5.41, 5.74) is 2.21. The zero-order valence-electron chi connectivity index (χ0n) is 27.6. The Morgan fingerprint density at radius 3 is 1.80 bits per heavy atom. The summed E-state index contributed by atoms with van der Waals surface area (Å²) < 4.78 is 0. The summed E-state index contributed by atoms with van der Waals surface area (Å²) in [5.74, 6) is -5.19. The minimum atomic E-state index is -1.26. The largest absolute Gasteiger partial charge is 0.478 e. The molecule has 2 fully saturated rings. The number of carbonyl (C=O) groups is 6. The maximum Gasteiger partial charge on any atom is 0.328 e. The Kier molecular flexibility index (Phi) is 14.9. The Morgan fingerprint density at radius 1 is 0.740 bits per heavy atom. The molecule has 3 aromatic rings. The molecule has 5 rings (SSSR count). The third-order valence-electron chi connectivity index (χ3n) is 8.02. The molecule has 15 nitrogen and oxygen atoms in total. The van der Waals surface area contributed by atoms with E-state index >= 15 is 0 Å². The Labute approximate surface area is 288 Å². The van der Waals surface area contributed by atoms with E-state index in [2.05, 4.69) is 21.8 Å². The van der Waals surface area contributed by atoms with Crippen molar-refractivity contribution >= 4 is 52.3 Å². The van der Waals surface area contributed by atoms with Crippen LogP contribution >= 0.6 is 0 Å². The van der Waals surface area contributed by atoms with E-state index in [1.54, 1.807) is 4.90 Å². The molecule has 2 saturated heterocycles. The normalized spacial score (nSPS) is 15.5. The summed E-state index contributed by atoms with van der Waals surface area (Å²) in [6.07, 6.45) is 6.50. The van der Waals surface area contributed by atoms with Crippen LogP contribution in [-0.2, 0) is 24.0 Å². The van der Waals surface area contributed by atoms with Crippen molar-refractivity contribution in [2.24, 2.45) is 0 Å². The van der Waals surface area contributed by atoms with Gasteiger partial charge in [-0.15, -0.1) is 0 Å². The van der Waals surface area contributed by atoms with Crippen molar-refractivity contribution < 1.29 is 49.2 Å². The molecule has 2 amide bonds. The number of carboxylic acid groups (broad SMARTS) is 4. The lowest BCUT2D eigenvalue weighted by molar-refractivity contribution is -0.134. The number of piperidine rings is 1. The van der Waals surface area contributed by atoms with Crippen molar-refractivity contribution in [1.29, 1.82) is 0 Å². The third kappa shape index (κ3) is 12.7. The average molecular weight is 692 g/mol. The maximum atomic E-state index is 13.5. The first kappa shape index (κ1) is 38.6. The first-order valence-electron chi connectivity index (χ1n) is 15.8. The number of aromatic nitrogens is 1. The van der Waals surface area contributed by atoms with Crippen LogP contribution < -0.4 is 4.90 Å². The van der Waals surface area contributed by atoms with Crippen LogP contribution in [0.4, 0.5) is 5.69 Å². The second kappa shape index (κ2) is 19.3. The molecule has 2 aromatic carbocycles. The number of hydrogen-bond acceptors (Lipinski definition) is 8. The molecule has 0 spiro atoms. The van der Waals surface area contributed by atoms with E-state index in [1.165, 1.54) is 12.8 Å². The van der Waals surface area contributed by atoms with Crippen molar-refractivity contribution in [3.8, 4) is 0 Å². The fourth-order valence-electron chi connectivity index (χ4n) is 5.44. The van der Waals surface area contributed by atoms with Crippen molar-refractivity contribution in [2.45, 2.75) is 18.9 Å². The number of para-hydroxylation sites is 1. The van der Waals surface area contributed by atoms with Crippen molar-refractivity contribution in [3.05, 3.63) is 90.7 Å².